The first-order valence-corrected chi connectivity index (χ1v) is 13.1. The van der Waals surface area contributed by atoms with Gasteiger partial charge in [-0.15, -0.1) is 0 Å². The highest BCUT2D eigenvalue weighted by Crippen LogP contribution is 2.39. The second-order valence-electron chi connectivity index (χ2n) is 9.05. The Labute approximate surface area is 168 Å². The van der Waals surface area contributed by atoms with Crippen LogP contribution in [0.2, 0.25) is 19.6 Å². The van der Waals surface area contributed by atoms with Crippen molar-refractivity contribution < 1.29 is 5.11 Å². The lowest BCUT2D eigenvalue weighted by atomic mass is 9.74. The average molecular weight is 392 g/mol. The second kappa shape index (κ2) is 7.93. The molecule has 0 aliphatic heterocycles. The van der Waals surface area contributed by atoms with E-state index in [0.717, 1.165) is 16.8 Å². The molecule has 1 aromatic carbocycles. The van der Waals surface area contributed by atoms with Crippen molar-refractivity contribution in [3.05, 3.63) is 72.6 Å². The maximum Gasteiger partial charge on any atom is 0.115 e. The van der Waals surface area contributed by atoms with Gasteiger partial charge in [-0.25, -0.2) is 9.97 Å². The summed E-state index contributed by atoms with van der Waals surface area (Å²) in [6.07, 6.45) is 7.05. The number of aliphatic hydroxyl groups is 1. The standard InChI is InChI=1S/C23H29N3OSi/c1-23(2,15-27)22(19-12-24-16-25-13-19)21-11-8-18(14-26-21)17-6-9-20(10-7-17)28(3,4)5/h6-14,16,22,27H,15H2,1-5H3. The quantitative estimate of drug-likeness (QED) is 0.639. The van der Waals surface area contributed by atoms with Crippen molar-refractivity contribution in [1.29, 1.82) is 0 Å². The van der Waals surface area contributed by atoms with E-state index in [1.165, 1.54) is 17.1 Å². The van der Waals surface area contributed by atoms with Crippen molar-refractivity contribution in [2.24, 2.45) is 5.41 Å². The molecule has 1 unspecified atom stereocenters. The minimum atomic E-state index is -1.29. The van der Waals surface area contributed by atoms with Crippen LogP contribution in [-0.2, 0) is 0 Å². The number of aliphatic hydroxyl groups excluding tert-OH is 1. The number of aromatic nitrogens is 3. The molecule has 0 saturated carbocycles. The van der Waals surface area contributed by atoms with Gasteiger partial charge in [-0.2, -0.15) is 0 Å². The van der Waals surface area contributed by atoms with Crippen LogP contribution in [0, 0.1) is 5.41 Å². The van der Waals surface area contributed by atoms with Crippen LogP contribution in [0.25, 0.3) is 11.1 Å². The zero-order valence-corrected chi connectivity index (χ0v) is 18.3. The van der Waals surface area contributed by atoms with Crippen molar-refractivity contribution in [3.63, 3.8) is 0 Å². The lowest BCUT2D eigenvalue weighted by Gasteiger charge is -2.32. The second-order valence-corrected chi connectivity index (χ2v) is 14.1. The lowest BCUT2D eigenvalue weighted by molar-refractivity contribution is 0.141. The Morgan fingerprint density at radius 3 is 2.00 bits per heavy atom. The van der Waals surface area contributed by atoms with Crippen molar-refractivity contribution in [3.8, 4) is 11.1 Å². The average Bonchev–Trinajstić information content (AvgIpc) is 2.69. The van der Waals surface area contributed by atoms with E-state index < -0.39 is 8.07 Å². The van der Waals surface area contributed by atoms with E-state index in [2.05, 4.69) is 66.0 Å². The first kappa shape index (κ1) is 20.4. The van der Waals surface area contributed by atoms with E-state index in [9.17, 15) is 5.11 Å². The third kappa shape index (κ3) is 4.37. The highest BCUT2D eigenvalue weighted by Gasteiger charge is 2.33. The van der Waals surface area contributed by atoms with E-state index in [4.69, 9.17) is 4.98 Å². The first-order chi connectivity index (χ1) is 13.2. The predicted molar refractivity (Wildman–Crippen MR) is 117 cm³/mol. The Bertz CT molecular complexity index is 901. The van der Waals surface area contributed by atoms with Gasteiger partial charge in [-0.05, 0) is 17.2 Å². The van der Waals surface area contributed by atoms with E-state index in [-0.39, 0.29) is 17.9 Å². The Morgan fingerprint density at radius 1 is 0.893 bits per heavy atom. The van der Waals surface area contributed by atoms with E-state index in [1.54, 1.807) is 12.4 Å². The summed E-state index contributed by atoms with van der Waals surface area (Å²) in [5, 5.41) is 11.4. The van der Waals surface area contributed by atoms with Gasteiger partial charge in [0, 0.05) is 47.8 Å². The van der Waals surface area contributed by atoms with E-state index in [1.807, 2.05) is 20.0 Å². The van der Waals surface area contributed by atoms with Gasteiger partial charge in [0.05, 0.1) is 8.07 Å². The van der Waals surface area contributed by atoms with Crippen LogP contribution in [0.15, 0.2) is 61.3 Å². The monoisotopic (exact) mass is 391 g/mol. The van der Waals surface area contributed by atoms with Gasteiger partial charge in [0.25, 0.3) is 0 Å². The number of benzene rings is 1. The molecular weight excluding hydrogens is 362 g/mol. The van der Waals surface area contributed by atoms with Gasteiger partial charge in [0.2, 0.25) is 0 Å². The molecule has 146 valence electrons. The van der Waals surface area contributed by atoms with Gasteiger partial charge in [-0.3, -0.25) is 4.98 Å². The van der Waals surface area contributed by atoms with Crippen molar-refractivity contribution >= 4 is 13.3 Å². The van der Waals surface area contributed by atoms with Crippen molar-refractivity contribution in [2.75, 3.05) is 6.61 Å². The molecule has 3 rings (SSSR count). The number of hydrogen-bond acceptors (Lipinski definition) is 4. The van der Waals surface area contributed by atoms with Gasteiger partial charge in [0.1, 0.15) is 6.33 Å². The molecule has 2 aromatic heterocycles. The van der Waals surface area contributed by atoms with Crippen LogP contribution in [0.5, 0.6) is 0 Å². The molecule has 2 heterocycles. The molecule has 0 fully saturated rings. The predicted octanol–water partition coefficient (Wildman–Crippen LogP) is 4.23. The van der Waals surface area contributed by atoms with Crippen LogP contribution in [0.4, 0.5) is 0 Å². The smallest absolute Gasteiger partial charge is 0.115 e. The SMILES string of the molecule is CC(C)(CO)C(c1cncnc1)c1ccc(-c2ccc([Si](C)(C)C)cc2)cn1. The van der Waals surface area contributed by atoms with Crippen molar-refractivity contribution in [2.45, 2.75) is 39.4 Å². The maximum absolute atomic E-state index is 9.95. The number of nitrogens with zero attached hydrogens (tertiary/aromatic N) is 3. The summed E-state index contributed by atoms with van der Waals surface area (Å²) < 4.78 is 0. The zero-order valence-electron chi connectivity index (χ0n) is 17.3. The minimum absolute atomic E-state index is 0.0497. The van der Waals surface area contributed by atoms with Gasteiger partial charge < -0.3 is 5.11 Å². The van der Waals surface area contributed by atoms with Gasteiger partial charge >= 0.3 is 0 Å². The first-order valence-electron chi connectivity index (χ1n) is 9.65. The number of hydrogen-bond donors (Lipinski definition) is 1. The molecule has 0 bridgehead atoms. The fourth-order valence-corrected chi connectivity index (χ4v) is 4.65. The Balaban J connectivity index is 1.94. The number of pyridine rings is 1. The van der Waals surface area contributed by atoms with E-state index in [0.29, 0.717) is 0 Å². The summed E-state index contributed by atoms with van der Waals surface area (Å²) in [6, 6.07) is 13.0. The summed E-state index contributed by atoms with van der Waals surface area (Å²) in [6.45, 7) is 11.2. The van der Waals surface area contributed by atoms with Crippen molar-refractivity contribution in [1.82, 2.24) is 15.0 Å². The third-order valence-corrected chi connectivity index (χ3v) is 7.33. The van der Waals surface area contributed by atoms with Crippen LogP contribution in [0.1, 0.15) is 31.0 Å². The number of rotatable bonds is 6. The minimum Gasteiger partial charge on any atom is -0.396 e. The molecule has 1 N–H and O–H groups in total. The summed E-state index contributed by atoms with van der Waals surface area (Å²) >= 11 is 0. The largest absolute Gasteiger partial charge is 0.396 e. The summed E-state index contributed by atoms with van der Waals surface area (Å²) in [4.78, 5) is 13.1. The fraction of sp³-hybridized carbons (Fsp3) is 0.348. The van der Waals surface area contributed by atoms with Crippen LogP contribution >= 0.6 is 0 Å². The van der Waals surface area contributed by atoms with Gasteiger partial charge in [0.15, 0.2) is 0 Å². The van der Waals surface area contributed by atoms with E-state index >= 15 is 0 Å². The molecule has 0 amide bonds. The fourth-order valence-electron chi connectivity index (χ4n) is 3.48. The Kier molecular flexibility index (Phi) is 5.77. The summed E-state index contributed by atoms with van der Waals surface area (Å²) in [5.41, 5.74) is 3.76. The highest BCUT2D eigenvalue weighted by atomic mass is 28.3. The molecule has 0 radical (unpaired) electrons. The molecule has 3 aromatic rings. The molecule has 1 atom stereocenters. The van der Waals surface area contributed by atoms with Crippen LogP contribution < -0.4 is 5.19 Å². The lowest BCUT2D eigenvalue weighted by Crippen LogP contribution is -2.37. The summed E-state index contributed by atoms with van der Waals surface area (Å²) in [5.74, 6) is -0.0815. The highest BCUT2D eigenvalue weighted by molar-refractivity contribution is 6.88. The normalized spacial score (nSPS) is 13.4. The molecule has 0 saturated heterocycles. The molecule has 0 spiro atoms. The summed E-state index contributed by atoms with van der Waals surface area (Å²) in [7, 11) is -1.29. The van der Waals surface area contributed by atoms with Gasteiger partial charge in [-0.1, -0.05) is 69.0 Å². The molecule has 0 aliphatic carbocycles. The molecule has 5 heteroatoms. The molecule has 28 heavy (non-hydrogen) atoms. The molecular formula is C23H29N3OSi. The third-order valence-electron chi connectivity index (χ3n) is 5.27. The van der Waals surface area contributed by atoms with Crippen LogP contribution in [-0.4, -0.2) is 34.7 Å². The molecule has 0 aliphatic rings. The Hall–Kier alpha value is -2.37. The molecule has 4 nitrogen and oxygen atoms in total. The van der Waals surface area contributed by atoms with Crippen LogP contribution in [0.3, 0.4) is 0 Å². The Morgan fingerprint density at radius 2 is 1.50 bits per heavy atom. The maximum atomic E-state index is 9.95. The topological polar surface area (TPSA) is 58.9 Å². The zero-order chi connectivity index (χ0) is 20.4.